The first-order chi connectivity index (χ1) is 16.0. The van der Waals surface area contributed by atoms with Crippen LogP contribution < -0.4 is 10.1 Å². The second-order valence-electron chi connectivity index (χ2n) is 8.37. The van der Waals surface area contributed by atoms with Gasteiger partial charge in [0.25, 0.3) is 0 Å². The van der Waals surface area contributed by atoms with E-state index >= 15 is 0 Å². The van der Waals surface area contributed by atoms with E-state index in [1.165, 1.54) is 11.8 Å². The fourth-order valence-electron chi connectivity index (χ4n) is 4.20. The molecule has 1 saturated carbocycles. The Kier molecular flexibility index (Phi) is 9.95. The maximum absolute atomic E-state index is 13.4. The Balaban J connectivity index is 1.73. The van der Waals surface area contributed by atoms with Gasteiger partial charge < -0.3 is 15.0 Å². The van der Waals surface area contributed by atoms with Crippen LogP contribution in [0.25, 0.3) is 0 Å². The number of hydrogen-bond acceptors (Lipinski definition) is 4. The molecule has 0 heterocycles. The molecule has 1 N–H and O–H groups in total. The Bertz CT molecular complexity index is 933. The van der Waals surface area contributed by atoms with E-state index in [0.717, 1.165) is 42.6 Å². The van der Waals surface area contributed by atoms with E-state index in [-0.39, 0.29) is 23.6 Å². The Morgan fingerprint density at radius 1 is 1.18 bits per heavy atom. The molecule has 0 spiro atoms. The molecule has 178 valence electrons. The molecular formula is C26H33ClN2O3S. The highest BCUT2D eigenvalue weighted by atomic mass is 35.5. The molecule has 0 radical (unpaired) electrons. The molecule has 1 aliphatic rings. The summed E-state index contributed by atoms with van der Waals surface area (Å²) in [7, 11) is 1.62. The van der Waals surface area contributed by atoms with E-state index in [0.29, 0.717) is 23.7 Å². The third kappa shape index (κ3) is 7.41. The zero-order chi connectivity index (χ0) is 23.6. The van der Waals surface area contributed by atoms with Crippen LogP contribution in [-0.4, -0.2) is 41.7 Å². The molecule has 1 atom stereocenters. The lowest BCUT2D eigenvalue weighted by Gasteiger charge is -2.31. The zero-order valence-corrected chi connectivity index (χ0v) is 21.0. The number of thioether (sulfide) groups is 1. The highest BCUT2D eigenvalue weighted by Crippen LogP contribution is 2.23. The Hall–Kier alpha value is -2.18. The molecule has 33 heavy (non-hydrogen) atoms. The van der Waals surface area contributed by atoms with Crippen LogP contribution in [0.4, 0.5) is 0 Å². The molecule has 0 aromatic heterocycles. The topological polar surface area (TPSA) is 58.6 Å². The lowest BCUT2D eigenvalue weighted by Crippen LogP contribution is -2.51. The van der Waals surface area contributed by atoms with E-state index in [9.17, 15) is 9.59 Å². The minimum absolute atomic E-state index is 0.0525. The van der Waals surface area contributed by atoms with E-state index < -0.39 is 6.04 Å². The summed E-state index contributed by atoms with van der Waals surface area (Å²) in [6.07, 6.45) is 4.88. The minimum Gasteiger partial charge on any atom is -0.497 e. The number of carbonyl (C=O) groups is 2. The second-order valence-corrected chi connectivity index (χ2v) is 9.76. The van der Waals surface area contributed by atoms with Crippen molar-refractivity contribution in [3.8, 4) is 5.75 Å². The molecule has 2 aromatic rings. The van der Waals surface area contributed by atoms with Gasteiger partial charge in [0.2, 0.25) is 11.8 Å². The van der Waals surface area contributed by atoms with Gasteiger partial charge in [0.1, 0.15) is 11.8 Å². The van der Waals surface area contributed by atoms with Crippen molar-refractivity contribution in [1.82, 2.24) is 10.2 Å². The van der Waals surface area contributed by atoms with E-state index in [2.05, 4.69) is 5.32 Å². The molecule has 2 amide bonds. The molecule has 2 aromatic carbocycles. The summed E-state index contributed by atoms with van der Waals surface area (Å²) in [5.74, 6) is 1.54. The van der Waals surface area contributed by atoms with Gasteiger partial charge in [0.05, 0.1) is 12.9 Å². The molecular weight excluding hydrogens is 456 g/mol. The number of benzene rings is 2. The summed E-state index contributed by atoms with van der Waals surface area (Å²) >= 11 is 7.78. The Morgan fingerprint density at radius 2 is 1.94 bits per heavy atom. The van der Waals surface area contributed by atoms with Crippen LogP contribution in [0.15, 0.2) is 48.5 Å². The van der Waals surface area contributed by atoms with Gasteiger partial charge in [-0.25, -0.2) is 0 Å². The predicted molar refractivity (Wildman–Crippen MR) is 136 cm³/mol. The summed E-state index contributed by atoms with van der Waals surface area (Å²) in [6.45, 7) is 2.32. The van der Waals surface area contributed by atoms with Gasteiger partial charge >= 0.3 is 0 Å². The third-order valence-corrected chi connectivity index (χ3v) is 7.35. The van der Waals surface area contributed by atoms with Crippen molar-refractivity contribution in [2.45, 2.75) is 63.4 Å². The van der Waals surface area contributed by atoms with Crippen LogP contribution >= 0.6 is 23.4 Å². The van der Waals surface area contributed by atoms with Crippen LogP contribution in [0.3, 0.4) is 0 Å². The van der Waals surface area contributed by atoms with Crippen LogP contribution in [0, 0.1) is 0 Å². The first-order valence-corrected chi connectivity index (χ1v) is 13.1. The quantitative estimate of drug-likeness (QED) is 0.457. The number of ether oxygens (including phenoxy) is 1. The number of methoxy groups -OCH3 is 1. The fraction of sp³-hybridized carbons (Fsp3) is 0.462. The molecule has 1 fully saturated rings. The number of nitrogens with one attached hydrogen (secondary N) is 1. The van der Waals surface area contributed by atoms with E-state index in [4.69, 9.17) is 16.3 Å². The molecule has 7 heteroatoms. The van der Waals surface area contributed by atoms with Crippen molar-refractivity contribution in [1.29, 1.82) is 0 Å². The van der Waals surface area contributed by atoms with Crippen molar-refractivity contribution in [2.75, 3.05) is 12.9 Å². The van der Waals surface area contributed by atoms with Gasteiger partial charge in [-0.3, -0.25) is 9.59 Å². The molecule has 0 aliphatic heterocycles. The van der Waals surface area contributed by atoms with Crippen molar-refractivity contribution >= 4 is 35.2 Å². The van der Waals surface area contributed by atoms with Crippen molar-refractivity contribution in [3.63, 3.8) is 0 Å². The van der Waals surface area contributed by atoms with Crippen molar-refractivity contribution < 1.29 is 14.3 Å². The molecule has 0 saturated heterocycles. The number of nitrogens with zero attached hydrogens (tertiary/aromatic N) is 1. The van der Waals surface area contributed by atoms with Gasteiger partial charge in [0.15, 0.2) is 0 Å². The van der Waals surface area contributed by atoms with Gasteiger partial charge in [0, 0.05) is 23.4 Å². The number of hydrogen-bond donors (Lipinski definition) is 1. The number of halogens is 1. The standard InChI is InChI=1S/C26H33ClN2O3S/c1-3-24(26(31)28-21-11-5-6-12-21)29(16-19-9-8-13-22(15-19)32-2)25(30)18-33-17-20-10-4-7-14-23(20)27/h4,7-10,13-15,21,24H,3,5-6,11-12,16-18H2,1-2H3,(H,28,31). The average Bonchev–Trinajstić information content (AvgIpc) is 3.33. The van der Waals surface area contributed by atoms with Gasteiger partial charge in [-0.1, -0.05) is 61.7 Å². The average molecular weight is 489 g/mol. The van der Waals surface area contributed by atoms with Crippen LogP contribution in [0.2, 0.25) is 5.02 Å². The highest BCUT2D eigenvalue weighted by Gasteiger charge is 2.30. The fourth-order valence-corrected chi connectivity index (χ4v) is 5.40. The molecule has 1 aliphatic carbocycles. The van der Waals surface area contributed by atoms with E-state index in [1.807, 2.05) is 55.5 Å². The molecule has 5 nitrogen and oxygen atoms in total. The first-order valence-electron chi connectivity index (χ1n) is 11.6. The van der Waals surface area contributed by atoms with Crippen LogP contribution in [0.1, 0.15) is 50.2 Å². The van der Waals surface area contributed by atoms with Crippen LogP contribution in [0.5, 0.6) is 5.75 Å². The number of carbonyl (C=O) groups excluding carboxylic acids is 2. The highest BCUT2D eigenvalue weighted by molar-refractivity contribution is 7.99. The summed E-state index contributed by atoms with van der Waals surface area (Å²) in [6, 6.07) is 15.0. The maximum Gasteiger partial charge on any atom is 0.243 e. The zero-order valence-electron chi connectivity index (χ0n) is 19.4. The van der Waals surface area contributed by atoms with E-state index in [1.54, 1.807) is 12.0 Å². The lowest BCUT2D eigenvalue weighted by atomic mass is 10.1. The normalized spacial score (nSPS) is 14.6. The molecule has 0 bridgehead atoms. The third-order valence-electron chi connectivity index (χ3n) is 6.02. The first kappa shape index (κ1) is 25.4. The Morgan fingerprint density at radius 3 is 2.64 bits per heavy atom. The molecule has 3 rings (SSSR count). The summed E-state index contributed by atoms with van der Waals surface area (Å²) in [5, 5.41) is 3.88. The predicted octanol–water partition coefficient (Wildman–Crippen LogP) is 5.45. The van der Waals surface area contributed by atoms with Gasteiger partial charge in [-0.15, -0.1) is 11.8 Å². The van der Waals surface area contributed by atoms with Gasteiger partial charge in [-0.05, 0) is 48.6 Å². The van der Waals surface area contributed by atoms with Crippen LogP contribution in [-0.2, 0) is 21.9 Å². The summed E-state index contributed by atoms with van der Waals surface area (Å²) in [5.41, 5.74) is 1.94. The Labute approximate surface area is 206 Å². The number of rotatable bonds is 11. The van der Waals surface area contributed by atoms with Crippen molar-refractivity contribution in [2.24, 2.45) is 0 Å². The largest absolute Gasteiger partial charge is 0.497 e. The second kappa shape index (κ2) is 12.9. The smallest absolute Gasteiger partial charge is 0.243 e. The molecule has 1 unspecified atom stereocenters. The van der Waals surface area contributed by atoms with Crippen molar-refractivity contribution in [3.05, 3.63) is 64.7 Å². The number of amides is 2. The SMILES string of the molecule is CCC(C(=O)NC1CCCC1)N(Cc1cccc(OC)c1)C(=O)CSCc1ccccc1Cl. The maximum atomic E-state index is 13.4. The van der Waals surface area contributed by atoms with Gasteiger partial charge in [-0.2, -0.15) is 0 Å². The lowest BCUT2D eigenvalue weighted by molar-refractivity contribution is -0.139. The monoisotopic (exact) mass is 488 g/mol. The summed E-state index contributed by atoms with van der Waals surface area (Å²) < 4.78 is 5.35. The summed E-state index contributed by atoms with van der Waals surface area (Å²) in [4.78, 5) is 28.3. The minimum atomic E-state index is -0.509.